The number of halogens is 1. The molecule has 0 aliphatic carbocycles. The van der Waals surface area contributed by atoms with Gasteiger partial charge in [-0.3, -0.25) is 10.1 Å². The van der Waals surface area contributed by atoms with Gasteiger partial charge in [0.25, 0.3) is 0 Å². The van der Waals surface area contributed by atoms with Gasteiger partial charge in [-0.25, -0.2) is 4.79 Å². The Hall–Kier alpha value is -2.09. The van der Waals surface area contributed by atoms with E-state index in [1.807, 2.05) is 0 Å². The summed E-state index contributed by atoms with van der Waals surface area (Å²) >= 11 is 3.24. The molecule has 0 N–H and O–H groups in total. The first kappa shape index (κ1) is 17.0. The number of carbonyl (C=O) groups excluding carboxylic acids is 1. The average Bonchev–Trinajstić information content (AvgIpc) is 2.43. The molecule has 0 fully saturated rings. The molecule has 21 heavy (non-hydrogen) atoms. The van der Waals surface area contributed by atoms with Crippen molar-refractivity contribution in [2.24, 2.45) is 0 Å². The van der Waals surface area contributed by atoms with Crippen LogP contribution in [0.3, 0.4) is 0 Å². The molecule has 0 aliphatic heterocycles. The topological polar surface area (TPSA) is 81.9 Å². The second-order valence-corrected chi connectivity index (χ2v) is 5.08. The minimum atomic E-state index is -0.709. The molecule has 0 amide bonds. The molecule has 0 aromatic heterocycles. The van der Waals surface area contributed by atoms with Crippen molar-refractivity contribution in [2.45, 2.75) is 0 Å². The number of carbonyl (C=O) groups is 1. The van der Waals surface area contributed by atoms with E-state index in [1.165, 1.54) is 20.3 Å². The van der Waals surface area contributed by atoms with Crippen molar-refractivity contribution in [2.75, 3.05) is 28.3 Å². The van der Waals surface area contributed by atoms with Crippen molar-refractivity contribution in [1.82, 2.24) is 4.90 Å². The van der Waals surface area contributed by atoms with Crippen LogP contribution in [-0.2, 0) is 4.74 Å². The quantitative estimate of drug-likeness (QED) is 0.457. The Morgan fingerprint density at radius 1 is 1.43 bits per heavy atom. The molecule has 0 spiro atoms. The summed E-state index contributed by atoms with van der Waals surface area (Å²) in [5.41, 5.74) is -0.0100. The van der Waals surface area contributed by atoms with Gasteiger partial charge in [-0.1, -0.05) is 0 Å². The zero-order chi connectivity index (χ0) is 16.2. The van der Waals surface area contributed by atoms with Crippen LogP contribution in [0, 0.1) is 10.1 Å². The molecule has 1 rings (SSSR count). The van der Waals surface area contributed by atoms with E-state index in [2.05, 4.69) is 20.7 Å². The maximum absolute atomic E-state index is 11.7. The molecule has 114 valence electrons. The summed E-state index contributed by atoms with van der Waals surface area (Å²) in [5, 5.41) is 11.4. The van der Waals surface area contributed by atoms with Crippen molar-refractivity contribution in [1.29, 1.82) is 0 Å². The van der Waals surface area contributed by atoms with E-state index in [-0.39, 0.29) is 17.0 Å². The Labute approximate surface area is 130 Å². The van der Waals surface area contributed by atoms with E-state index in [1.54, 1.807) is 31.3 Å². The summed E-state index contributed by atoms with van der Waals surface area (Å²) in [6.07, 6.45) is 3.22. The van der Waals surface area contributed by atoms with Crippen LogP contribution in [0.15, 0.2) is 16.7 Å². The van der Waals surface area contributed by atoms with Crippen LogP contribution < -0.4 is 4.74 Å². The van der Waals surface area contributed by atoms with Gasteiger partial charge < -0.3 is 14.4 Å². The van der Waals surface area contributed by atoms with Gasteiger partial charge in [0.05, 0.1) is 24.7 Å². The third kappa shape index (κ3) is 3.72. The van der Waals surface area contributed by atoms with Crippen LogP contribution in [0.2, 0.25) is 0 Å². The van der Waals surface area contributed by atoms with E-state index >= 15 is 0 Å². The molecule has 8 heteroatoms. The fraction of sp³-hybridized carbons (Fsp3) is 0.308. The Kier molecular flexibility index (Phi) is 5.71. The van der Waals surface area contributed by atoms with E-state index in [0.717, 1.165) is 0 Å². The SMILES string of the molecule is COC(=O)c1cc(Br)c(/C=C/N(C)C)c([N+](=O)[O-])c1OC. The highest BCUT2D eigenvalue weighted by atomic mass is 79.9. The Morgan fingerprint density at radius 3 is 2.48 bits per heavy atom. The van der Waals surface area contributed by atoms with E-state index in [9.17, 15) is 14.9 Å². The van der Waals surface area contributed by atoms with Gasteiger partial charge in [-0.15, -0.1) is 0 Å². The van der Waals surface area contributed by atoms with Crippen LogP contribution in [0.1, 0.15) is 15.9 Å². The van der Waals surface area contributed by atoms with Gasteiger partial charge >= 0.3 is 11.7 Å². The molecule has 0 saturated carbocycles. The zero-order valence-electron chi connectivity index (χ0n) is 12.0. The molecular formula is C13H15BrN2O5. The lowest BCUT2D eigenvalue weighted by Gasteiger charge is -2.12. The highest BCUT2D eigenvalue weighted by Crippen LogP contribution is 2.40. The van der Waals surface area contributed by atoms with Gasteiger partial charge in [-0.2, -0.15) is 0 Å². The number of esters is 1. The maximum Gasteiger partial charge on any atom is 0.341 e. The predicted octanol–water partition coefficient (Wildman–Crippen LogP) is 2.68. The number of nitro groups is 1. The molecular weight excluding hydrogens is 344 g/mol. The van der Waals surface area contributed by atoms with Crippen LogP contribution >= 0.6 is 15.9 Å². The standard InChI is InChI=1S/C13H15BrN2O5/c1-15(2)6-5-8-10(14)7-9(13(17)21-4)12(20-3)11(8)16(18)19/h5-7H,1-4H3/b6-5+. The van der Waals surface area contributed by atoms with Crippen LogP contribution in [0.5, 0.6) is 5.75 Å². The second kappa shape index (κ2) is 7.07. The number of ether oxygens (including phenoxy) is 2. The van der Waals surface area contributed by atoms with Crippen molar-refractivity contribution < 1.29 is 19.2 Å². The summed E-state index contributed by atoms with van der Waals surface area (Å²) in [7, 11) is 6.04. The lowest BCUT2D eigenvalue weighted by atomic mass is 10.1. The highest BCUT2D eigenvalue weighted by molar-refractivity contribution is 9.10. The molecule has 0 atom stereocenters. The smallest absolute Gasteiger partial charge is 0.341 e. The molecule has 0 heterocycles. The second-order valence-electron chi connectivity index (χ2n) is 4.23. The van der Waals surface area contributed by atoms with Gasteiger partial charge in [0.2, 0.25) is 5.75 Å². The molecule has 1 aromatic carbocycles. The Bertz CT molecular complexity index is 599. The fourth-order valence-corrected chi connectivity index (χ4v) is 2.21. The Balaban J connectivity index is 3.67. The number of hydrogen-bond acceptors (Lipinski definition) is 6. The third-order valence-electron chi connectivity index (χ3n) is 2.57. The molecule has 0 aliphatic rings. The molecule has 1 aromatic rings. The number of rotatable bonds is 5. The van der Waals surface area contributed by atoms with Crippen molar-refractivity contribution in [3.63, 3.8) is 0 Å². The van der Waals surface area contributed by atoms with Gasteiger partial charge in [-0.05, 0) is 34.3 Å². The summed E-state index contributed by atoms with van der Waals surface area (Å²) in [6, 6.07) is 1.44. The first-order valence-corrected chi connectivity index (χ1v) is 6.60. The van der Waals surface area contributed by atoms with Gasteiger partial charge in [0, 0.05) is 18.6 Å². The molecule has 0 radical (unpaired) electrons. The fourth-order valence-electron chi connectivity index (χ4n) is 1.66. The summed E-state index contributed by atoms with van der Waals surface area (Å²) in [6.45, 7) is 0. The molecule has 0 unspecified atom stereocenters. The first-order chi connectivity index (χ1) is 9.83. The lowest BCUT2D eigenvalue weighted by molar-refractivity contribution is -0.386. The van der Waals surface area contributed by atoms with E-state index in [4.69, 9.17) is 4.74 Å². The third-order valence-corrected chi connectivity index (χ3v) is 3.23. The highest BCUT2D eigenvalue weighted by Gasteiger charge is 2.29. The predicted molar refractivity (Wildman–Crippen MR) is 81.4 cm³/mol. The van der Waals surface area contributed by atoms with Crippen LogP contribution in [0.4, 0.5) is 5.69 Å². The van der Waals surface area contributed by atoms with Gasteiger partial charge in [0.1, 0.15) is 5.56 Å². The van der Waals surface area contributed by atoms with Crippen molar-refractivity contribution in [3.05, 3.63) is 38.0 Å². The molecule has 0 bridgehead atoms. The minimum absolute atomic E-state index is 0.0134. The van der Waals surface area contributed by atoms with E-state index in [0.29, 0.717) is 10.0 Å². The molecule has 7 nitrogen and oxygen atoms in total. The maximum atomic E-state index is 11.7. The van der Waals surface area contributed by atoms with Crippen LogP contribution in [-0.4, -0.2) is 44.1 Å². The number of benzene rings is 1. The average molecular weight is 359 g/mol. The number of hydrogen-bond donors (Lipinski definition) is 0. The van der Waals surface area contributed by atoms with E-state index < -0.39 is 10.9 Å². The van der Waals surface area contributed by atoms with Gasteiger partial charge in [0.15, 0.2) is 0 Å². The largest absolute Gasteiger partial charge is 0.490 e. The first-order valence-electron chi connectivity index (χ1n) is 5.81. The number of nitrogens with zero attached hydrogens (tertiary/aromatic N) is 2. The number of methoxy groups -OCH3 is 2. The summed E-state index contributed by atoms with van der Waals surface area (Å²) < 4.78 is 10.1. The van der Waals surface area contributed by atoms with Crippen molar-refractivity contribution >= 4 is 33.7 Å². The van der Waals surface area contributed by atoms with Crippen molar-refractivity contribution in [3.8, 4) is 5.75 Å². The Morgan fingerprint density at radius 2 is 2.05 bits per heavy atom. The summed E-state index contributed by atoms with van der Waals surface area (Å²) in [5.74, 6) is -0.841. The lowest BCUT2D eigenvalue weighted by Crippen LogP contribution is -2.08. The zero-order valence-corrected chi connectivity index (χ0v) is 13.6. The summed E-state index contributed by atoms with van der Waals surface area (Å²) in [4.78, 5) is 24.2. The number of nitro benzene ring substituents is 1. The van der Waals surface area contributed by atoms with Crippen LogP contribution in [0.25, 0.3) is 6.08 Å². The normalized spacial score (nSPS) is 10.5. The minimum Gasteiger partial charge on any atom is -0.490 e. The monoisotopic (exact) mass is 358 g/mol. The molecule has 0 saturated heterocycles.